The van der Waals surface area contributed by atoms with E-state index in [0.29, 0.717) is 22.7 Å². The second-order valence-corrected chi connectivity index (χ2v) is 5.46. The molecule has 0 fully saturated rings. The smallest absolute Gasteiger partial charge is 0.335 e. The molecule has 5 nitrogen and oxygen atoms in total. The maximum Gasteiger partial charge on any atom is 0.335 e. The molecule has 0 spiro atoms. The first kappa shape index (κ1) is 14.7. The Morgan fingerprint density at radius 2 is 2.09 bits per heavy atom. The summed E-state index contributed by atoms with van der Waals surface area (Å²) >= 11 is 11.9. The maximum atomic E-state index is 11.0. The highest BCUT2D eigenvalue weighted by molar-refractivity contribution is 6.35. The van der Waals surface area contributed by atoms with E-state index in [4.69, 9.17) is 32.7 Å². The molecule has 112 valence electrons. The molecule has 0 bridgehead atoms. The number of carbonyl (C=O) groups is 1. The molecule has 22 heavy (non-hydrogen) atoms. The zero-order valence-electron chi connectivity index (χ0n) is 11.1. The van der Waals surface area contributed by atoms with Gasteiger partial charge in [-0.05, 0) is 29.8 Å². The first-order valence-corrected chi connectivity index (χ1v) is 7.10. The van der Waals surface area contributed by atoms with Crippen molar-refractivity contribution in [1.29, 1.82) is 0 Å². The van der Waals surface area contributed by atoms with Gasteiger partial charge in [0.1, 0.15) is 5.52 Å². The number of aromatic nitrogens is 1. The quantitative estimate of drug-likeness (QED) is 0.736. The average molecular weight is 337 g/mol. The summed E-state index contributed by atoms with van der Waals surface area (Å²) in [6.07, 6.45) is 0. The fourth-order valence-electron chi connectivity index (χ4n) is 2.02. The number of rotatable bonds is 4. The predicted molar refractivity (Wildman–Crippen MR) is 84.8 cm³/mol. The van der Waals surface area contributed by atoms with E-state index in [2.05, 4.69) is 10.3 Å². The summed E-state index contributed by atoms with van der Waals surface area (Å²) in [7, 11) is 0. The fraction of sp³-hybridized carbons (Fsp3) is 0.0667. The molecule has 3 aromatic rings. The van der Waals surface area contributed by atoms with Gasteiger partial charge in [-0.15, -0.1) is 0 Å². The molecule has 0 saturated carbocycles. The molecule has 1 aromatic heterocycles. The number of hydrogen-bond acceptors (Lipinski definition) is 4. The summed E-state index contributed by atoms with van der Waals surface area (Å²) in [5, 5.41) is 12.9. The minimum absolute atomic E-state index is 0.0622. The summed E-state index contributed by atoms with van der Waals surface area (Å²) in [5.74, 6) is -1.07. The van der Waals surface area contributed by atoms with Crippen molar-refractivity contribution in [2.75, 3.05) is 5.32 Å². The lowest BCUT2D eigenvalue weighted by molar-refractivity contribution is 0.0697. The van der Waals surface area contributed by atoms with Crippen LogP contribution in [0, 0.1) is 0 Å². The van der Waals surface area contributed by atoms with Gasteiger partial charge in [0, 0.05) is 11.6 Å². The number of nitrogens with one attached hydrogen (secondary N) is 1. The van der Waals surface area contributed by atoms with Crippen LogP contribution in [-0.4, -0.2) is 16.1 Å². The standard InChI is InChI=1S/C15H10Cl2N2O3/c16-10-3-1-2-8(4-10)7-18-15-19-12-6-9(14(20)21)5-11(17)13(12)22-15/h1-6H,7H2,(H,18,19)(H,20,21). The van der Waals surface area contributed by atoms with Crippen LogP contribution in [0.4, 0.5) is 6.01 Å². The molecule has 2 N–H and O–H groups in total. The average Bonchev–Trinajstić information content (AvgIpc) is 2.89. The van der Waals surface area contributed by atoms with Crippen LogP contribution in [0.2, 0.25) is 10.0 Å². The molecule has 0 unspecified atom stereocenters. The van der Waals surface area contributed by atoms with Crippen molar-refractivity contribution >= 4 is 46.3 Å². The molecule has 0 saturated heterocycles. The minimum Gasteiger partial charge on any atom is -0.478 e. The topological polar surface area (TPSA) is 75.4 Å². The number of benzene rings is 2. The van der Waals surface area contributed by atoms with Gasteiger partial charge >= 0.3 is 5.97 Å². The molecule has 0 atom stereocenters. The number of aromatic carboxylic acids is 1. The lowest BCUT2D eigenvalue weighted by Gasteiger charge is -2.02. The largest absolute Gasteiger partial charge is 0.478 e. The van der Waals surface area contributed by atoms with E-state index < -0.39 is 5.97 Å². The van der Waals surface area contributed by atoms with Crippen LogP contribution >= 0.6 is 23.2 Å². The van der Waals surface area contributed by atoms with Crippen LogP contribution < -0.4 is 5.32 Å². The number of halogens is 2. The number of anilines is 1. The minimum atomic E-state index is -1.07. The molecule has 0 radical (unpaired) electrons. The number of nitrogens with zero attached hydrogens (tertiary/aromatic N) is 1. The fourth-order valence-corrected chi connectivity index (χ4v) is 2.48. The van der Waals surface area contributed by atoms with Crippen molar-refractivity contribution in [3.8, 4) is 0 Å². The summed E-state index contributed by atoms with van der Waals surface area (Å²) in [5.41, 5.74) is 1.76. The van der Waals surface area contributed by atoms with E-state index in [9.17, 15) is 4.79 Å². The van der Waals surface area contributed by atoms with E-state index in [1.165, 1.54) is 12.1 Å². The van der Waals surface area contributed by atoms with Gasteiger partial charge in [-0.3, -0.25) is 0 Å². The molecule has 3 rings (SSSR count). The zero-order valence-corrected chi connectivity index (χ0v) is 12.6. The van der Waals surface area contributed by atoms with Gasteiger partial charge in [-0.1, -0.05) is 35.3 Å². The predicted octanol–water partition coefficient (Wildman–Crippen LogP) is 4.44. The van der Waals surface area contributed by atoms with Crippen molar-refractivity contribution in [2.45, 2.75) is 6.54 Å². The lowest BCUT2D eigenvalue weighted by Crippen LogP contribution is -1.99. The number of oxazole rings is 1. The SMILES string of the molecule is O=C(O)c1cc(Cl)c2oc(NCc3cccc(Cl)c3)nc2c1. The van der Waals surface area contributed by atoms with Crippen LogP contribution in [0.15, 0.2) is 40.8 Å². The summed E-state index contributed by atoms with van der Waals surface area (Å²) < 4.78 is 5.51. The molecule has 0 aliphatic heterocycles. The van der Waals surface area contributed by atoms with Crippen molar-refractivity contribution in [1.82, 2.24) is 4.98 Å². The van der Waals surface area contributed by atoms with E-state index >= 15 is 0 Å². The van der Waals surface area contributed by atoms with Crippen molar-refractivity contribution in [2.24, 2.45) is 0 Å². The number of carboxylic acids is 1. The third-order valence-corrected chi connectivity index (χ3v) is 3.54. The normalized spacial score (nSPS) is 10.8. The van der Waals surface area contributed by atoms with Gasteiger partial charge in [-0.2, -0.15) is 4.98 Å². The van der Waals surface area contributed by atoms with Crippen LogP contribution in [0.5, 0.6) is 0 Å². The first-order valence-electron chi connectivity index (χ1n) is 6.34. The highest BCUT2D eigenvalue weighted by atomic mass is 35.5. The Bertz CT molecular complexity index is 861. The van der Waals surface area contributed by atoms with E-state index in [0.717, 1.165) is 5.56 Å². The Morgan fingerprint density at radius 1 is 1.27 bits per heavy atom. The second kappa shape index (κ2) is 5.87. The van der Waals surface area contributed by atoms with Crippen LogP contribution in [0.3, 0.4) is 0 Å². The number of hydrogen-bond donors (Lipinski definition) is 2. The molecule has 2 aromatic carbocycles. The molecule has 7 heteroatoms. The number of fused-ring (bicyclic) bond motifs is 1. The van der Waals surface area contributed by atoms with Crippen LogP contribution in [0.25, 0.3) is 11.1 Å². The molecular formula is C15H10Cl2N2O3. The summed E-state index contributed by atoms with van der Waals surface area (Å²) in [6, 6.07) is 10.4. The molecular weight excluding hydrogens is 327 g/mol. The van der Waals surface area contributed by atoms with Gasteiger partial charge in [0.2, 0.25) is 0 Å². The maximum absolute atomic E-state index is 11.0. The summed E-state index contributed by atoms with van der Waals surface area (Å²) in [4.78, 5) is 15.2. The van der Waals surface area contributed by atoms with Gasteiger partial charge in [0.05, 0.1) is 10.6 Å². The summed E-state index contributed by atoms with van der Waals surface area (Å²) in [6.45, 7) is 0.469. The molecule has 0 aliphatic rings. The Balaban J connectivity index is 1.86. The Morgan fingerprint density at radius 3 is 2.82 bits per heavy atom. The van der Waals surface area contributed by atoms with E-state index in [-0.39, 0.29) is 16.6 Å². The third-order valence-electron chi connectivity index (χ3n) is 3.02. The first-order chi connectivity index (χ1) is 10.5. The zero-order chi connectivity index (χ0) is 15.7. The van der Waals surface area contributed by atoms with E-state index in [1.54, 1.807) is 6.07 Å². The van der Waals surface area contributed by atoms with Gasteiger partial charge in [0.15, 0.2) is 5.58 Å². The highest BCUT2D eigenvalue weighted by Crippen LogP contribution is 2.28. The highest BCUT2D eigenvalue weighted by Gasteiger charge is 2.13. The van der Waals surface area contributed by atoms with Crippen molar-refractivity contribution in [3.05, 3.63) is 57.6 Å². The molecule has 1 heterocycles. The van der Waals surface area contributed by atoms with Crippen molar-refractivity contribution in [3.63, 3.8) is 0 Å². The number of carboxylic acid groups (broad SMARTS) is 1. The van der Waals surface area contributed by atoms with Crippen LogP contribution in [-0.2, 0) is 6.54 Å². The van der Waals surface area contributed by atoms with Crippen molar-refractivity contribution < 1.29 is 14.3 Å². The van der Waals surface area contributed by atoms with Gasteiger partial charge < -0.3 is 14.8 Å². The van der Waals surface area contributed by atoms with E-state index in [1.807, 2.05) is 18.2 Å². The Hall–Kier alpha value is -2.24. The Labute approximate surface area is 135 Å². The monoisotopic (exact) mass is 336 g/mol. The van der Waals surface area contributed by atoms with Gasteiger partial charge in [-0.25, -0.2) is 4.79 Å². The van der Waals surface area contributed by atoms with Gasteiger partial charge in [0.25, 0.3) is 6.01 Å². The second-order valence-electron chi connectivity index (χ2n) is 4.61. The Kier molecular flexibility index (Phi) is 3.92. The molecule has 0 amide bonds. The van der Waals surface area contributed by atoms with Crippen LogP contribution in [0.1, 0.15) is 15.9 Å². The molecule has 0 aliphatic carbocycles. The third kappa shape index (κ3) is 3.00. The lowest BCUT2D eigenvalue weighted by atomic mass is 10.2.